The fourth-order valence-corrected chi connectivity index (χ4v) is 5.33. The van der Waals surface area contributed by atoms with Gasteiger partial charge < -0.3 is 10.2 Å². The van der Waals surface area contributed by atoms with E-state index in [9.17, 15) is 10.2 Å². The Labute approximate surface area is 136 Å². The van der Waals surface area contributed by atoms with Gasteiger partial charge in [0.15, 0.2) is 6.29 Å². The molecule has 2 N–H and O–H groups in total. The molecule has 1 aliphatic heterocycles. The lowest BCUT2D eigenvalue weighted by Crippen LogP contribution is -2.52. The molecule has 1 aliphatic rings. The lowest BCUT2D eigenvalue weighted by Gasteiger charge is -2.57. The summed E-state index contributed by atoms with van der Waals surface area (Å²) >= 11 is 8.26. The van der Waals surface area contributed by atoms with E-state index in [4.69, 9.17) is 11.6 Å². The highest BCUT2D eigenvalue weighted by Gasteiger charge is 2.54. The van der Waals surface area contributed by atoms with Gasteiger partial charge in [0.25, 0.3) is 0 Å². The molecule has 1 aromatic rings. The highest BCUT2D eigenvalue weighted by Crippen LogP contribution is 2.63. The smallest absolute Gasteiger partial charge is 0.178 e. The van der Waals surface area contributed by atoms with Crippen molar-refractivity contribution in [2.24, 2.45) is 5.41 Å². The van der Waals surface area contributed by atoms with E-state index in [0.29, 0.717) is 10.6 Å². The number of hydrogen-bond acceptors (Lipinski definition) is 3. The molecule has 0 unspecified atom stereocenters. The van der Waals surface area contributed by atoms with Crippen molar-refractivity contribution in [2.75, 3.05) is 0 Å². The van der Waals surface area contributed by atoms with Crippen LogP contribution in [0.4, 0.5) is 0 Å². The third kappa shape index (κ3) is 2.24. The molecular formula is C17H25ClO2S. The fraction of sp³-hybridized carbons (Fsp3) is 0.647. The minimum Gasteiger partial charge on any atom is -0.364 e. The van der Waals surface area contributed by atoms with Crippen LogP contribution in [-0.2, 0) is 5.41 Å². The first-order chi connectivity index (χ1) is 9.34. The van der Waals surface area contributed by atoms with Gasteiger partial charge in [-0.1, -0.05) is 39.3 Å². The summed E-state index contributed by atoms with van der Waals surface area (Å²) in [7, 11) is 0. The summed E-state index contributed by atoms with van der Waals surface area (Å²) < 4.78 is 0.0267. The number of thioether (sulfide) groups is 1. The maximum Gasteiger partial charge on any atom is 0.178 e. The molecule has 1 heterocycles. The van der Waals surface area contributed by atoms with Gasteiger partial charge in [0, 0.05) is 15.2 Å². The minimum absolute atomic E-state index is 0.0186. The lowest BCUT2D eigenvalue weighted by atomic mass is 9.57. The Morgan fingerprint density at radius 1 is 1.10 bits per heavy atom. The van der Waals surface area contributed by atoms with Crippen LogP contribution in [0.3, 0.4) is 0 Å². The first-order valence-corrected chi connectivity index (χ1v) is 8.42. The van der Waals surface area contributed by atoms with Gasteiger partial charge in [-0.05, 0) is 48.8 Å². The Bertz CT molecular complexity index is 589. The second-order valence-electron chi connectivity index (χ2n) is 7.51. The van der Waals surface area contributed by atoms with E-state index in [0.717, 1.165) is 16.0 Å². The molecule has 0 fully saturated rings. The predicted molar refractivity (Wildman–Crippen MR) is 90.1 cm³/mol. The van der Waals surface area contributed by atoms with Crippen molar-refractivity contribution in [1.29, 1.82) is 0 Å². The molecule has 0 bridgehead atoms. The topological polar surface area (TPSA) is 40.5 Å². The maximum absolute atomic E-state index is 9.62. The van der Waals surface area contributed by atoms with E-state index in [1.807, 2.05) is 6.92 Å². The van der Waals surface area contributed by atoms with E-state index >= 15 is 0 Å². The van der Waals surface area contributed by atoms with E-state index in [-0.39, 0.29) is 15.6 Å². The third-order valence-electron chi connectivity index (χ3n) is 5.86. The average molecular weight is 329 g/mol. The highest BCUT2D eigenvalue weighted by molar-refractivity contribution is 8.01. The molecule has 0 atom stereocenters. The Kier molecular flexibility index (Phi) is 3.99. The Morgan fingerprint density at radius 2 is 1.62 bits per heavy atom. The normalized spacial score (nSPS) is 22.2. The van der Waals surface area contributed by atoms with Crippen molar-refractivity contribution in [3.63, 3.8) is 0 Å². The molecular weight excluding hydrogens is 304 g/mol. The summed E-state index contributed by atoms with van der Waals surface area (Å²) in [4.78, 5) is 1.08. The zero-order valence-corrected chi connectivity index (χ0v) is 15.4. The highest BCUT2D eigenvalue weighted by atomic mass is 35.5. The van der Waals surface area contributed by atoms with Crippen molar-refractivity contribution < 1.29 is 10.2 Å². The summed E-state index contributed by atoms with van der Waals surface area (Å²) in [5.41, 5.74) is 2.47. The molecule has 0 spiro atoms. The number of fused-ring (bicyclic) bond motifs is 1. The molecule has 2 rings (SSSR count). The molecule has 1 aromatic carbocycles. The predicted octanol–water partition coefficient (Wildman–Crippen LogP) is 4.82. The number of hydrogen-bond donors (Lipinski definition) is 2. The van der Waals surface area contributed by atoms with Crippen LogP contribution < -0.4 is 0 Å². The number of aliphatic hydroxyl groups excluding tert-OH is 1. The molecule has 0 saturated carbocycles. The van der Waals surface area contributed by atoms with Crippen LogP contribution in [0.5, 0.6) is 0 Å². The van der Waals surface area contributed by atoms with Crippen LogP contribution in [0, 0.1) is 12.3 Å². The van der Waals surface area contributed by atoms with Crippen LogP contribution in [0.1, 0.15) is 64.5 Å². The summed E-state index contributed by atoms with van der Waals surface area (Å²) in [6.07, 6.45) is -1.49. The summed E-state index contributed by atoms with van der Waals surface area (Å²) in [5, 5.41) is 19.9. The largest absolute Gasteiger partial charge is 0.364 e. The molecule has 0 aliphatic carbocycles. The SMILES string of the molecule is Cc1c(C(O)O)cc(Cl)c2c1C(C)(C)C(C)(C)C(C)(C)S2. The molecule has 4 heteroatoms. The van der Waals surface area contributed by atoms with Crippen molar-refractivity contribution in [2.45, 2.75) is 69.8 Å². The monoisotopic (exact) mass is 328 g/mol. The summed E-state index contributed by atoms with van der Waals surface area (Å²) in [6.45, 7) is 15.5. The van der Waals surface area contributed by atoms with Gasteiger partial charge >= 0.3 is 0 Å². The molecule has 0 amide bonds. The van der Waals surface area contributed by atoms with E-state index in [2.05, 4.69) is 41.5 Å². The van der Waals surface area contributed by atoms with Crippen molar-refractivity contribution in [3.05, 3.63) is 27.8 Å². The van der Waals surface area contributed by atoms with Crippen LogP contribution in [0.25, 0.3) is 0 Å². The number of benzene rings is 1. The zero-order chi connectivity index (χ0) is 16.4. The van der Waals surface area contributed by atoms with Crippen molar-refractivity contribution in [1.82, 2.24) is 0 Å². The Hall–Kier alpha value is -0.220. The van der Waals surface area contributed by atoms with Gasteiger partial charge in [-0.25, -0.2) is 0 Å². The minimum atomic E-state index is -1.49. The van der Waals surface area contributed by atoms with Crippen LogP contribution in [-0.4, -0.2) is 15.0 Å². The van der Waals surface area contributed by atoms with Gasteiger partial charge in [-0.15, -0.1) is 11.8 Å². The lowest BCUT2D eigenvalue weighted by molar-refractivity contribution is -0.0431. The zero-order valence-electron chi connectivity index (χ0n) is 13.8. The maximum atomic E-state index is 9.62. The molecule has 2 nitrogen and oxygen atoms in total. The second-order valence-corrected chi connectivity index (χ2v) is 9.55. The Morgan fingerprint density at radius 3 is 2.10 bits per heavy atom. The van der Waals surface area contributed by atoms with Gasteiger partial charge in [0.2, 0.25) is 0 Å². The standard InChI is InChI=1S/C17H25ClO2S/c1-9-10(14(19)20)8-11(18)13-12(9)15(2,3)16(4,5)17(6,7)21-13/h8,14,19-20H,1-7H3. The van der Waals surface area contributed by atoms with Crippen molar-refractivity contribution >= 4 is 23.4 Å². The van der Waals surface area contributed by atoms with Crippen LogP contribution in [0.15, 0.2) is 11.0 Å². The van der Waals surface area contributed by atoms with E-state index in [1.165, 1.54) is 0 Å². The summed E-state index contributed by atoms with van der Waals surface area (Å²) in [5.74, 6) is 0. The average Bonchev–Trinajstić information content (AvgIpc) is 2.30. The van der Waals surface area contributed by atoms with Gasteiger partial charge in [-0.2, -0.15) is 0 Å². The van der Waals surface area contributed by atoms with Gasteiger partial charge in [-0.3, -0.25) is 0 Å². The first-order valence-electron chi connectivity index (χ1n) is 7.23. The summed E-state index contributed by atoms with van der Waals surface area (Å²) in [6, 6.07) is 1.69. The second kappa shape index (κ2) is 4.89. The number of rotatable bonds is 1. The van der Waals surface area contributed by atoms with Crippen molar-refractivity contribution in [3.8, 4) is 0 Å². The van der Waals surface area contributed by atoms with Gasteiger partial charge in [0.1, 0.15) is 0 Å². The molecule has 0 radical (unpaired) electrons. The molecule has 0 saturated heterocycles. The van der Waals surface area contributed by atoms with E-state index in [1.54, 1.807) is 17.8 Å². The Balaban J connectivity index is 2.86. The third-order valence-corrected chi connectivity index (χ3v) is 7.92. The number of halogens is 1. The van der Waals surface area contributed by atoms with Crippen LogP contribution >= 0.6 is 23.4 Å². The number of aliphatic hydroxyl groups is 2. The molecule has 21 heavy (non-hydrogen) atoms. The molecule has 118 valence electrons. The molecule has 0 aromatic heterocycles. The van der Waals surface area contributed by atoms with Crippen LogP contribution in [0.2, 0.25) is 5.02 Å². The first kappa shape index (κ1) is 17.1. The quantitative estimate of drug-likeness (QED) is 0.726. The van der Waals surface area contributed by atoms with Gasteiger partial charge in [0.05, 0.1) is 5.02 Å². The van der Waals surface area contributed by atoms with E-state index < -0.39 is 6.29 Å². The fourth-order valence-electron chi connectivity index (χ4n) is 3.31.